The van der Waals surface area contributed by atoms with Gasteiger partial charge in [-0.3, -0.25) is 0 Å². The van der Waals surface area contributed by atoms with E-state index in [-0.39, 0.29) is 17.7 Å². The van der Waals surface area contributed by atoms with Crippen LogP contribution in [-0.4, -0.2) is 48.5 Å². The molecule has 0 bridgehead atoms. The maximum absolute atomic E-state index is 10.5. The van der Waals surface area contributed by atoms with Crippen LogP contribution in [0.1, 0.15) is 46.5 Å². The van der Waals surface area contributed by atoms with E-state index in [4.69, 9.17) is 4.74 Å². The van der Waals surface area contributed by atoms with Crippen LogP contribution in [0.25, 0.3) is 0 Å². The summed E-state index contributed by atoms with van der Waals surface area (Å²) in [4.78, 5) is 2.20. The van der Waals surface area contributed by atoms with Gasteiger partial charge in [0.2, 0.25) is 0 Å². The van der Waals surface area contributed by atoms with Crippen molar-refractivity contribution < 1.29 is 9.84 Å². The highest BCUT2D eigenvalue weighted by Gasteiger charge is 2.42. The molecule has 0 radical (unpaired) electrons. The van der Waals surface area contributed by atoms with Crippen LogP contribution in [0.3, 0.4) is 0 Å². The number of likely N-dealkylation sites (N-methyl/N-ethyl adjacent to an activating group) is 1. The van der Waals surface area contributed by atoms with Crippen molar-refractivity contribution in [3.05, 3.63) is 0 Å². The summed E-state index contributed by atoms with van der Waals surface area (Å²) in [5, 5.41) is 10.5. The van der Waals surface area contributed by atoms with E-state index in [0.29, 0.717) is 6.61 Å². The van der Waals surface area contributed by atoms with Crippen molar-refractivity contribution in [1.29, 1.82) is 0 Å². The molecule has 0 saturated heterocycles. The number of hydrogen-bond acceptors (Lipinski definition) is 3. The molecule has 0 aromatic heterocycles. The lowest BCUT2D eigenvalue weighted by Crippen LogP contribution is -2.57. The van der Waals surface area contributed by atoms with E-state index < -0.39 is 0 Å². The second-order valence-corrected chi connectivity index (χ2v) is 6.08. The van der Waals surface area contributed by atoms with Gasteiger partial charge in [-0.15, -0.1) is 0 Å². The fourth-order valence-electron chi connectivity index (χ4n) is 2.78. The molecule has 17 heavy (non-hydrogen) atoms. The SMILES string of the molecule is CC1CCC(C(O)COC(C)C)(N(C)C)CC1. The van der Waals surface area contributed by atoms with E-state index in [2.05, 4.69) is 25.9 Å². The zero-order valence-electron chi connectivity index (χ0n) is 12.1. The normalized spacial score (nSPS) is 32.1. The molecule has 1 aliphatic rings. The Labute approximate surface area is 106 Å². The molecule has 0 amide bonds. The standard InChI is InChI=1S/C14H29NO2/c1-11(2)17-10-13(16)14(15(4)5)8-6-12(3)7-9-14/h11-13,16H,6-10H2,1-5H3. The van der Waals surface area contributed by atoms with Crippen LogP contribution in [0.5, 0.6) is 0 Å². The fourth-order valence-corrected chi connectivity index (χ4v) is 2.78. The van der Waals surface area contributed by atoms with Crippen LogP contribution in [0.2, 0.25) is 0 Å². The summed E-state index contributed by atoms with van der Waals surface area (Å²) >= 11 is 0. The van der Waals surface area contributed by atoms with Crippen molar-refractivity contribution in [3.8, 4) is 0 Å². The summed E-state index contributed by atoms with van der Waals surface area (Å²) in [6, 6.07) is 0. The minimum atomic E-state index is -0.382. The monoisotopic (exact) mass is 243 g/mol. The Morgan fingerprint density at radius 3 is 2.24 bits per heavy atom. The third-order valence-corrected chi connectivity index (χ3v) is 4.24. The lowest BCUT2D eigenvalue weighted by Gasteiger charge is -2.47. The van der Waals surface area contributed by atoms with Gasteiger partial charge in [0, 0.05) is 5.54 Å². The molecule has 3 heteroatoms. The summed E-state index contributed by atoms with van der Waals surface area (Å²) < 4.78 is 5.58. The summed E-state index contributed by atoms with van der Waals surface area (Å²) in [7, 11) is 4.16. The molecule has 0 aromatic carbocycles. The largest absolute Gasteiger partial charge is 0.389 e. The Morgan fingerprint density at radius 2 is 1.82 bits per heavy atom. The van der Waals surface area contributed by atoms with Gasteiger partial charge in [-0.05, 0) is 59.5 Å². The molecular weight excluding hydrogens is 214 g/mol. The molecule has 1 unspecified atom stereocenters. The number of aliphatic hydroxyl groups excluding tert-OH is 1. The lowest BCUT2D eigenvalue weighted by molar-refractivity contribution is -0.0880. The van der Waals surface area contributed by atoms with Crippen LogP contribution in [0.4, 0.5) is 0 Å². The number of rotatable bonds is 5. The maximum Gasteiger partial charge on any atom is 0.0956 e. The molecule has 3 nitrogen and oxygen atoms in total. The second-order valence-electron chi connectivity index (χ2n) is 6.08. The first-order valence-electron chi connectivity index (χ1n) is 6.85. The van der Waals surface area contributed by atoms with Gasteiger partial charge in [-0.1, -0.05) is 6.92 Å². The predicted molar refractivity (Wildman–Crippen MR) is 71.1 cm³/mol. The van der Waals surface area contributed by atoms with E-state index in [1.807, 2.05) is 13.8 Å². The summed E-state index contributed by atoms with van der Waals surface area (Å²) in [5.74, 6) is 0.793. The number of ether oxygens (including phenoxy) is 1. The Bertz CT molecular complexity index is 220. The van der Waals surface area contributed by atoms with Crippen molar-refractivity contribution in [1.82, 2.24) is 4.90 Å². The second kappa shape index (κ2) is 6.17. The Hall–Kier alpha value is -0.120. The third-order valence-electron chi connectivity index (χ3n) is 4.24. The molecule has 0 heterocycles. The van der Waals surface area contributed by atoms with E-state index in [9.17, 15) is 5.11 Å². The molecule has 0 aliphatic heterocycles. The highest BCUT2D eigenvalue weighted by molar-refractivity contribution is 4.97. The quantitative estimate of drug-likeness (QED) is 0.804. The highest BCUT2D eigenvalue weighted by atomic mass is 16.5. The molecule has 1 rings (SSSR count). The average Bonchev–Trinajstić information content (AvgIpc) is 2.26. The highest BCUT2D eigenvalue weighted by Crippen LogP contribution is 2.37. The van der Waals surface area contributed by atoms with Gasteiger partial charge in [0.15, 0.2) is 0 Å². The lowest BCUT2D eigenvalue weighted by atomic mass is 9.73. The van der Waals surface area contributed by atoms with Crippen molar-refractivity contribution in [2.45, 2.75) is 64.2 Å². The summed E-state index contributed by atoms with van der Waals surface area (Å²) in [5.41, 5.74) is -0.0819. The van der Waals surface area contributed by atoms with E-state index in [0.717, 1.165) is 18.8 Å². The molecule has 0 spiro atoms. The third kappa shape index (κ3) is 3.67. The molecule has 102 valence electrons. The first-order chi connectivity index (χ1) is 7.88. The number of nitrogens with zero attached hydrogens (tertiary/aromatic N) is 1. The van der Waals surface area contributed by atoms with Gasteiger partial charge < -0.3 is 14.7 Å². The van der Waals surface area contributed by atoms with Crippen molar-refractivity contribution in [2.24, 2.45) is 5.92 Å². The topological polar surface area (TPSA) is 32.7 Å². The Balaban J connectivity index is 2.64. The van der Waals surface area contributed by atoms with Gasteiger partial charge in [0.25, 0.3) is 0 Å². The van der Waals surface area contributed by atoms with E-state index in [1.165, 1.54) is 12.8 Å². The van der Waals surface area contributed by atoms with E-state index in [1.54, 1.807) is 0 Å². The Morgan fingerprint density at radius 1 is 1.29 bits per heavy atom. The molecule has 1 saturated carbocycles. The summed E-state index contributed by atoms with van der Waals surface area (Å²) in [6.07, 6.45) is 4.36. The van der Waals surface area contributed by atoms with Gasteiger partial charge in [-0.2, -0.15) is 0 Å². The van der Waals surface area contributed by atoms with Crippen LogP contribution in [-0.2, 0) is 4.74 Å². The van der Waals surface area contributed by atoms with Gasteiger partial charge in [-0.25, -0.2) is 0 Å². The zero-order chi connectivity index (χ0) is 13.1. The number of aliphatic hydroxyl groups is 1. The fraction of sp³-hybridized carbons (Fsp3) is 1.00. The first-order valence-corrected chi connectivity index (χ1v) is 6.85. The first kappa shape index (κ1) is 14.9. The van der Waals surface area contributed by atoms with E-state index >= 15 is 0 Å². The minimum absolute atomic E-state index is 0.0819. The Kier molecular flexibility index (Phi) is 5.42. The molecule has 0 aromatic rings. The van der Waals surface area contributed by atoms with Crippen LogP contribution in [0, 0.1) is 5.92 Å². The number of hydrogen-bond donors (Lipinski definition) is 1. The molecule has 1 atom stereocenters. The van der Waals surface area contributed by atoms with Crippen LogP contribution in [0.15, 0.2) is 0 Å². The zero-order valence-corrected chi connectivity index (χ0v) is 12.1. The van der Waals surface area contributed by atoms with Gasteiger partial charge in [0.05, 0.1) is 18.8 Å². The minimum Gasteiger partial charge on any atom is -0.389 e. The summed E-state index contributed by atoms with van der Waals surface area (Å²) in [6.45, 7) is 6.77. The smallest absolute Gasteiger partial charge is 0.0956 e. The maximum atomic E-state index is 10.5. The van der Waals surface area contributed by atoms with Crippen molar-refractivity contribution in [3.63, 3.8) is 0 Å². The van der Waals surface area contributed by atoms with Crippen molar-refractivity contribution in [2.75, 3.05) is 20.7 Å². The van der Waals surface area contributed by atoms with Gasteiger partial charge in [0.1, 0.15) is 0 Å². The van der Waals surface area contributed by atoms with Crippen LogP contribution < -0.4 is 0 Å². The molecule has 1 fully saturated rings. The van der Waals surface area contributed by atoms with Crippen molar-refractivity contribution >= 4 is 0 Å². The molecular formula is C14H29NO2. The average molecular weight is 243 g/mol. The van der Waals surface area contributed by atoms with Crippen LogP contribution >= 0.6 is 0 Å². The van der Waals surface area contributed by atoms with Gasteiger partial charge >= 0.3 is 0 Å². The predicted octanol–water partition coefficient (Wildman–Crippen LogP) is 2.28. The molecule has 1 aliphatic carbocycles. The molecule has 1 N–H and O–H groups in total.